The van der Waals surface area contributed by atoms with Gasteiger partial charge in [0.25, 0.3) is 0 Å². The molecule has 114 valence electrons. The average molecular weight is 296 g/mol. The summed E-state index contributed by atoms with van der Waals surface area (Å²) in [6, 6.07) is 9.93. The van der Waals surface area contributed by atoms with Gasteiger partial charge < -0.3 is 16.5 Å². The van der Waals surface area contributed by atoms with Crippen molar-refractivity contribution in [2.75, 3.05) is 18.1 Å². The molecule has 5 nitrogen and oxygen atoms in total. The molecule has 0 saturated carbocycles. The summed E-state index contributed by atoms with van der Waals surface area (Å²) in [5.74, 6) is 0.399. The summed E-state index contributed by atoms with van der Waals surface area (Å²) in [5.41, 5.74) is 9.92. The molecular weight excluding hydrogens is 276 g/mol. The van der Waals surface area contributed by atoms with Gasteiger partial charge in [-0.1, -0.05) is 18.7 Å². The quantitative estimate of drug-likeness (QED) is 0.459. The highest BCUT2D eigenvalue weighted by Crippen LogP contribution is 2.24. The van der Waals surface area contributed by atoms with Gasteiger partial charge in [-0.2, -0.15) is 0 Å². The number of pyridine rings is 1. The van der Waals surface area contributed by atoms with E-state index in [-0.39, 0.29) is 0 Å². The molecule has 0 saturated heterocycles. The van der Waals surface area contributed by atoms with Gasteiger partial charge in [0.1, 0.15) is 12.1 Å². The van der Waals surface area contributed by atoms with Crippen molar-refractivity contribution in [2.24, 2.45) is 0 Å². The lowest BCUT2D eigenvalue weighted by molar-refractivity contribution is -0.104. The fourth-order valence-electron chi connectivity index (χ4n) is 1.79. The topological polar surface area (TPSA) is 91.9 Å². The van der Waals surface area contributed by atoms with E-state index >= 15 is 0 Å². The zero-order valence-electron chi connectivity index (χ0n) is 12.8. The maximum atomic E-state index is 9.06. The Morgan fingerprint density at radius 2 is 2.05 bits per heavy atom. The number of carbonyl (C=O) groups excluding carboxylic acids is 1. The summed E-state index contributed by atoms with van der Waals surface area (Å²) in [5, 5.41) is 10.8. The molecule has 0 aliphatic heterocycles. The summed E-state index contributed by atoms with van der Waals surface area (Å²) in [6.45, 7) is 4.82. The third-order valence-electron chi connectivity index (χ3n) is 2.90. The highest BCUT2D eigenvalue weighted by molar-refractivity contribution is 6.01. The van der Waals surface area contributed by atoms with Gasteiger partial charge in [0.05, 0.1) is 0 Å². The molecule has 0 atom stereocenters. The SMILES string of the molecule is C=CC=O.CNc1cccc(-c2cnc(N)c(C(C)=N)c2)c1. The molecule has 0 aliphatic carbocycles. The summed E-state index contributed by atoms with van der Waals surface area (Å²) in [6.07, 6.45) is 3.57. The number of aromatic nitrogens is 1. The van der Waals surface area contributed by atoms with Crippen molar-refractivity contribution in [3.63, 3.8) is 0 Å². The van der Waals surface area contributed by atoms with Crippen molar-refractivity contribution in [2.45, 2.75) is 6.92 Å². The van der Waals surface area contributed by atoms with Crippen molar-refractivity contribution in [3.8, 4) is 11.1 Å². The molecule has 2 aromatic rings. The highest BCUT2D eigenvalue weighted by Gasteiger charge is 2.06. The number of hydrogen-bond donors (Lipinski definition) is 3. The molecule has 0 aliphatic rings. The zero-order chi connectivity index (χ0) is 16.5. The Morgan fingerprint density at radius 3 is 2.59 bits per heavy atom. The van der Waals surface area contributed by atoms with Gasteiger partial charge in [-0.3, -0.25) is 4.79 Å². The summed E-state index contributed by atoms with van der Waals surface area (Å²) >= 11 is 0. The number of anilines is 2. The van der Waals surface area contributed by atoms with Crippen LogP contribution in [0.1, 0.15) is 12.5 Å². The molecule has 1 aromatic heterocycles. The lowest BCUT2D eigenvalue weighted by Gasteiger charge is -2.08. The molecule has 0 amide bonds. The molecule has 0 spiro atoms. The molecule has 1 aromatic carbocycles. The van der Waals surface area contributed by atoms with Crippen molar-refractivity contribution >= 4 is 23.5 Å². The van der Waals surface area contributed by atoms with Crippen LogP contribution < -0.4 is 11.1 Å². The van der Waals surface area contributed by atoms with E-state index in [1.54, 1.807) is 13.1 Å². The van der Waals surface area contributed by atoms with Crippen LogP contribution in [0.5, 0.6) is 0 Å². The van der Waals surface area contributed by atoms with Crippen LogP contribution in [0.4, 0.5) is 11.5 Å². The molecule has 0 unspecified atom stereocenters. The third kappa shape index (κ3) is 4.56. The van der Waals surface area contributed by atoms with Crippen LogP contribution >= 0.6 is 0 Å². The lowest BCUT2D eigenvalue weighted by Crippen LogP contribution is -2.02. The van der Waals surface area contributed by atoms with E-state index in [2.05, 4.69) is 16.9 Å². The fourth-order valence-corrected chi connectivity index (χ4v) is 1.79. The first-order chi connectivity index (χ1) is 10.5. The second-order valence-electron chi connectivity index (χ2n) is 4.48. The van der Waals surface area contributed by atoms with Crippen LogP contribution in [0.15, 0.2) is 49.2 Å². The van der Waals surface area contributed by atoms with Crippen molar-refractivity contribution in [1.82, 2.24) is 4.98 Å². The fraction of sp³-hybridized carbons (Fsp3) is 0.118. The highest BCUT2D eigenvalue weighted by atomic mass is 16.1. The maximum Gasteiger partial charge on any atom is 0.142 e. The molecule has 2 rings (SSSR count). The van der Waals surface area contributed by atoms with Crippen LogP contribution in [0.25, 0.3) is 11.1 Å². The first-order valence-corrected chi connectivity index (χ1v) is 6.69. The van der Waals surface area contributed by atoms with Gasteiger partial charge >= 0.3 is 0 Å². The van der Waals surface area contributed by atoms with E-state index in [1.807, 2.05) is 37.4 Å². The molecule has 5 heteroatoms. The molecule has 0 radical (unpaired) electrons. The van der Waals surface area contributed by atoms with Crippen LogP contribution in [-0.2, 0) is 4.79 Å². The van der Waals surface area contributed by atoms with Crippen LogP contribution in [-0.4, -0.2) is 24.0 Å². The molecule has 22 heavy (non-hydrogen) atoms. The number of aldehydes is 1. The number of allylic oxidation sites excluding steroid dienone is 1. The summed E-state index contributed by atoms with van der Waals surface area (Å²) in [4.78, 5) is 13.2. The second-order valence-corrected chi connectivity index (χ2v) is 4.48. The number of benzene rings is 1. The Hall–Kier alpha value is -2.95. The van der Waals surface area contributed by atoms with Gasteiger partial charge in [0.2, 0.25) is 0 Å². The molecule has 4 N–H and O–H groups in total. The van der Waals surface area contributed by atoms with Crippen LogP contribution in [0, 0.1) is 5.41 Å². The maximum absolute atomic E-state index is 9.06. The monoisotopic (exact) mass is 296 g/mol. The normalized spacial score (nSPS) is 9.18. The molecule has 1 heterocycles. The van der Waals surface area contributed by atoms with E-state index in [0.717, 1.165) is 16.8 Å². The zero-order valence-corrected chi connectivity index (χ0v) is 12.8. The molecule has 0 bridgehead atoms. The number of nitrogens with two attached hydrogens (primary N) is 1. The Balaban J connectivity index is 0.000000541. The number of hydrogen-bond acceptors (Lipinski definition) is 5. The van der Waals surface area contributed by atoms with E-state index in [4.69, 9.17) is 15.9 Å². The Kier molecular flexibility index (Phi) is 6.50. The molecule has 0 fully saturated rings. The summed E-state index contributed by atoms with van der Waals surface area (Å²) < 4.78 is 0. The predicted molar refractivity (Wildman–Crippen MR) is 92.4 cm³/mol. The van der Waals surface area contributed by atoms with Gasteiger partial charge in [-0.05, 0) is 36.8 Å². The van der Waals surface area contributed by atoms with E-state index < -0.39 is 0 Å². The lowest BCUT2D eigenvalue weighted by atomic mass is 10.0. The van der Waals surface area contributed by atoms with Gasteiger partial charge in [-0.25, -0.2) is 4.98 Å². The van der Waals surface area contributed by atoms with Gasteiger partial charge in [0, 0.05) is 35.8 Å². The largest absolute Gasteiger partial charge is 0.388 e. The minimum absolute atomic E-state index is 0.399. The van der Waals surface area contributed by atoms with Crippen molar-refractivity contribution in [3.05, 3.63) is 54.7 Å². The minimum Gasteiger partial charge on any atom is -0.388 e. The standard InChI is InChI=1S/C14H16N4.C3H4O/c1-9(15)13-7-11(8-18-14(13)16)10-4-3-5-12(6-10)17-2;1-2-3-4/h3-8,15,17H,1-2H3,(H2,16,18);2-3H,1H2. The van der Waals surface area contributed by atoms with Crippen molar-refractivity contribution in [1.29, 1.82) is 5.41 Å². The number of nitrogens with one attached hydrogen (secondary N) is 2. The van der Waals surface area contributed by atoms with E-state index in [0.29, 0.717) is 23.4 Å². The van der Waals surface area contributed by atoms with Gasteiger partial charge in [0.15, 0.2) is 0 Å². The van der Waals surface area contributed by atoms with E-state index in [9.17, 15) is 0 Å². The first-order valence-electron chi connectivity index (χ1n) is 6.69. The number of nitrogens with zero attached hydrogens (tertiary/aromatic N) is 1. The Labute approximate surface area is 130 Å². The summed E-state index contributed by atoms with van der Waals surface area (Å²) in [7, 11) is 1.88. The predicted octanol–water partition coefficient (Wildman–Crippen LogP) is 3.13. The third-order valence-corrected chi connectivity index (χ3v) is 2.90. The Morgan fingerprint density at radius 1 is 1.36 bits per heavy atom. The first kappa shape index (κ1) is 17.1. The van der Waals surface area contributed by atoms with Crippen LogP contribution in [0.2, 0.25) is 0 Å². The minimum atomic E-state index is 0.399. The van der Waals surface area contributed by atoms with Crippen molar-refractivity contribution < 1.29 is 4.79 Å². The molecular formula is C17H20N4O. The number of carbonyl (C=O) groups is 1. The number of rotatable bonds is 4. The van der Waals surface area contributed by atoms with Crippen LogP contribution in [0.3, 0.4) is 0 Å². The van der Waals surface area contributed by atoms with E-state index in [1.165, 1.54) is 6.08 Å². The number of nitrogen functional groups attached to an aromatic ring is 1. The van der Waals surface area contributed by atoms with Gasteiger partial charge in [-0.15, -0.1) is 0 Å². The Bertz CT molecular complexity index is 674. The average Bonchev–Trinajstić information content (AvgIpc) is 2.55. The second kappa shape index (κ2) is 8.36. The smallest absolute Gasteiger partial charge is 0.142 e.